The fourth-order valence-electron chi connectivity index (χ4n) is 1.66. The first-order chi connectivity index (χ1) is 7.91. The van der Waals surface area contributed by atoms with Gasteiger partial charge in [-0.3, -0.25) is 4.68 Å². The lowest BCUT2D eigenvalue weighted by Gasteiger charge is -2.25. The molecule has 0 aliphatic rings. The Balaban J connectivity index is 2.72. The van der Waals surface area contributed by atoms with E-state index < -0.39 is 0 Å². The van der Waals surface area contributed by atoms with Crippen molar-refractivity contribution in [2.45, 2.75) is 45.7 Å². The van der Waals surface area contributed by atoms with Crippen molar-refractivity contribution >= 4 is 31.9 Å². The molecular formula is C12H21Br2N3. The molecule has 0 fully saturated rings. The molecule has 0 atom stereocenters. The summed E-state index contributed by atoms with van der Waals surface area (Å²) in [5, 5.41) is 9.08. The summed E-state index contributed by atoms with van der Waals surface area (Å²) in [5.41, 5.74) is 2.48. The van der Waals surface area contributed by atoms with Gasteiger partial charge in [0.15, 0.2) is 0 Å². The zero-order valence-corrected chi connectivity index (χ0v) is 14.2. The van der Waals surface area contributed by atoms with Gasteiger partial charge in [0.05, 0.1) is 15.9 Å². The lowest BCUT2D eigenvalue weighted by atomic mass is 10.0. The normalized spacial score (nSPS) is 12.1. The van der Waals surface area contributed by atoms with Crippen molar-refractivity contribution < 1.29 is 0 Å². The summed E-state index contributed by atoms with van der Waals surface area (Å²) < 4.78 is 3.10. The van der Waals surface area contributed by atoms with Gasteiger partial charge in [-0.05, 0) is 42.6 Å². The lowest BCUT2D eigenvalue weighted by molar-refractivity contribution is 0.372. The third-order valence-electron chi connectivity index (χ3n) is 2.96. The summed E-state index contributed by atoms with van der Waals surface area (Å²) in [6, 6.07) is 0. The van der Waals surface area contributed by atoms with Crippen LogP contribution in [0.1, 0.15) is 38.6 Å². The van der Waals surface area contributed by atoms with Gasteiger partial charge in [0.25, 0.3) is 0 Å². The van der Waals surface area contributed by atoms with Crippen LogP contribution >= 0.6 is 31.9 Å². The number of aromatic nitrogens is 2. The average molecular weight is 367 g/mol. The van der Waals surface area contributed by atoms with Gasteiger partial charge in [0.2, 0.25) is 0 Å². The zero-order valence-electron chi connectivity index (χ0n) is 11.0. The minimum Gasteiger partial charge on any atom is -0.306 e. The highest BCUT2D eigenvalue weighted by molar-refractivity contribution is 9.10. The second-order valence-electron chi connectivity index (χ2n) is 4.86. The molecule has 1 N–H and O–H groups in total. The Bertz CT molecular complexity index is 372. The molecule has 1 aromatic heterocycles. The van der Waals surface area contributed by atoms with Gasteiger partial charge in [-0.15, -0.1) is 0 Å². The Hall–Kier alpha value is 0.130. The van der Waals surface area contributed by atoms with Crippen molar-refractivity contribution in [2.24, 2.45) is 7.05 Å². The van der Waals surface area contributed by atoms with Gasteiger partial charge in [0, 0.05) is 24.5 Å². The van der Waals surface area contributed by atoms with Crippen LogP contribution in [0.2, 0.25) is 0 Å². The largest absolute Gasteiger partial charge is 0.306 e. The monoisotopic (exact) mass is 365 g/mol. The molecule has 0 aromatic carbocycles. The van der Waals surface area contributed by atoms with E-state index in [0.717, 1.165) is 34.9 Å². The Morgan fingerprint density at radius 3 is 2.53 bits per heavy atom. The number of nitrogens with zero attached hydrogens (tertiary/aromatic N) is 2. The first kappa shape index (κ1) is 15.2. The Morgan fingerprint density at radius 2 is 2.06 bits per heavy atom. The summed E-state index contributed by atoms with van der Waals surface area (Å²) >= 11 is 7.13. The van der Waals surface area contributed by atoms with Crippen LogP contribution in [0, 0.1) is 0 Å². The molecule has 0 bridgehead atoms. The summed E-state index contributed by atoms with van der Waals surface area (Å²) in [4.78, 5) is 0. The SMILES string of the molecule is CCc1nn(C)c(CNC(C)(C)CCBr)c1Br. The van der Waals surface area contributed by atoms with Crippen molar-refractivity contribution in [2.75, 3.05) is 5.33 Å². The number of rotatable bonds is 6. The van der Waals surface area contributed by atoms with Crippen molar-refractivity contribution in [3.8, 4) is 0 Å². The minimum absolute atomic E-state index is 0.138. The smallest absolute Gasteiger partial charge is 0.0767 e. The summed E-state index contributed by atoms with van der Waals surface area (Å²) in [7, 11) is 2.00. The van der Waals surface area contributed by atoms with E-state index in [0.29, 0.717) is 0 Å². The van der Waals surface area contributed by atoms with Crippen LogP contribution in [-0.2, 0) is 20.0 Å². The van der Waals surface area contributed by atoms with Crippen LogP contribution < -0.4 is 5.32 Å². The quantitative estimate of drug-likeness (QED) is 0.782. The van der Waals surface area contributed by atoms with E-state index in [4.69, 9.17) is 0 Å². The van der Waals surface area contributed by atoms with E-state index in [1.165, 1.54) is 5.69 Å². The molecule has 0 radical (unpaired) electrons. The molecule has 0 saturated carbocycles. The molecule has 1 aromatic rings. The molecule has 1 rings (SSSR count). The third-order valence-corrected chi connectivity index (χ3v) is 4.27. The van der Waals surface area contributed by atoms with Crippen LogP contribution in [0.15, 0.2) is 4.47 Å². The molecule has 0 amide bonds. The highest BCUT2D eigenvalue weighted by Crippen LogP contribution is 2.22. The third kappa shape index (κ3) is 4.07. The predicted octanol–water partition coefficient (Wildman–Crippen LogP) is 3.40. The molecule has 0 saturated heterocycles. The lowest BCUT2D eigenvalue weighted by Crippen LogP contribution is -2.39. The molecule has 98 valence electrons. The summed E-state index contributed by atoms with van der Waals surface area (Å²) in [5.74, 6) is 0. The summed E-state index contributed by atoms with van der Waals surface area (Å²) in [6.45, 7) is 7.40. The van der Waals surface area contributed by atoms with Gasteiger partial charge in [-0.1, -0.05) is 22.9 Å². The maximum Gasteiger partial charge on any atom is 0.0767 e. The second-order valence-corrected chi connectivity index (χ2v) is 6.45. The van der Waals surface area contributed by atoms with E-state index >= 15 is 0 Å². The van der Waals surface area contributed by atoms with Crippen molar-refractivity contribution in [1.29, 1.82) is 0 Å². The van der Waals surface area contributed by atoms with Gasteiger partial charge in [-0.25, -0.2) is 0 Å². The first-order valence-corrected chi connectivity index (χ1v) is 7.84. The molecule has 0 aliphatic heterocycles. The molecule has 0 aliphatic carbocycles. The Kier molecular flexibility index (Phi) is 5.67. The van der Waals surface area contributed by atoms with Gasteiger partial charge >= 0.3 is 0 Å². The van der Waals surface area contributed by atoms with E-state index in [9.17, 15) is 0 Å². The van der Waals surface area contributed by atoms with Crippen LogP contribution in [0.25, 0.3) is 0 Å². The predicted molar refractivity (Wildman–Crippen MR) is 79.6 cm³/mol. The van der Waals surface area contributed by atoms with Crippen molar-refractivity contribution in [3.05, 3.63) is 15.9 Å². The first-order valence-electron chi connectivity index (χ1n) is 5.92. The van der Waals surface area contributed by atoms with Gasteiger partial charge in [-0.2, -0.15) is 5.10 Å². The van der Waals surface area contributed by atoms with Crippen LogP contribution in [-0.4, -0.2) is 20.6 Å². The Labute approximate surface area is 121 Å². The number of nitrogens with one attached hydrogen (secondary N) is 1. The highest BCUT2D eigenvalue weighted by atomic mass is 79.9. The van der Waals surface area contributed by atoms with E-state index in [1.54, 1.807) is 0 Å². The van der Waals surface area contributed by atoms with Crippen molar-refractivity contribution in [3.63, 3.8) is 0 Å². The zero-order chi connectivity index (χ0) is 13.1. The van der Waals surface area contributed by atoms with E-state index in [1.807, 2.05) is 11.7 Å². The van der Waals surface area contributed by atoms with E-state index in [-0.39, 0.29) is 5.54 Å². The van der Waals surface area contributed by atoms with E-state index in [2.05, 4.69) is 63.0 Å². The highest BCUT2D eigenvalue weighted by Gasteiger charge is 2.18. The number of hydrogen-bond acceptors (Lipinski definition) is 2. The fourth-order valence-corrected chi connectivity index (χ4v) is 3.41. The number of hydrogen-bond donors (Lipinski definition) is 1. The van der Waals surface area contributed by atoms with Crippen LogP contribution in [0.3, 0.4) is 0 Å². The fraction of sp³-hybridized carbons (Fsp3) is 0.750. The standard InChI is InChI=1S/C12H21Br2N3/c1-5-9-11(14)10(17(4)16-9)8-15-12(2,3)6-7-13/h15H,5-8H2,1-4H3. The molecule has 0 spiro atoms. The topological polar surface area (TPSA) is 29.9 Å². The molecule has 5 heteroatoms. The maximum absolute atomic E-state index is 4.50. The molecule has 1 heterocycles. The average Bonchev–Trinajstić information content (AvgIpc) is 2.51. The number of halogens is 2. The number of alkyl halides is 1. The maximum atomic E-state index is 4.50. The molecule has 0 unspecified atom stereocenters. The van der Waals surface area contributed by atoms with Gasteiger partial charge in [0.1, 0.15) is 0 Å². The minimum atomic E-state index is 0.138. The molecule has 17 heavy (non-hydrogen) atoms. The van der Waals surface area contributed by atoms with Crippen LogP contribution in [0.4, 0.5) is 0 Å². The number of aryl methyl sites for hydroxylation is 2. The Morgan fingerprint density at radius 1 is 1.41 bits per heavy atom. The van der Waals surface area contributed by atoms with Crippen molar-refractivity contribution in [1.82, 2.24) is 15.1 Å². The molecular weight excluding hydrogens is 346 g/mol. The van der Waals surface area contributed by atoms with Crippen LogP contribution in [0.5, 0.6) is 0 Å². The summed E-state index contributed by atoms with van der Waals surface area (Å²) in [6.07, 6.45) is 2.06. The molecule has 3 nitrogen and oxygen atoms in total. The second kappa shape index (κ2) is 6.34. The van der Waals surface area contributed by atoms with Gasteiger partial charge < -0.3 is 5.32 Å².